The third kappa shape index (κ3) is 2.43. The van der Waals surface area contributed by atoms with Gasteiger partial charge in [0.25, 0.3) is 5.89 Å². The molecule has 6 heteroatoms. The van der Waals surface area contributed by atoms with Gasteiger partial charge in [0, 0.05) is 5.02 Å². The maximum Gasteiger partial charge on any atom is 0.261 e. The Kier molecular flexibility index (Phi) is 3.16. The average molecular weight is 280 g/mol. The summed E-state index contributed by atoms with van der Waals surface area (Å²) < 4.78 is 10.5. The molecule has 0 aliphatic heterocycles. The minimum atomic E-state index is -0.143. The number of aromatic nitrogens is 2. The second-order valence-corrected chi connectivity index (χ2v) is 5.10. The molecule has 1 aromatic carbocycles. The van der Waals surface area contributed by atoms with Crippen LogP contribution in [-0.4, -0.2) is 17.3 Å². The van der Waals surface area contributed by atoms with Crippen molar-refractivity contribution in [1.29, 1.82) is 0 Å². The highest BCUT2D eigenvalue weighted by molar-refractivity contribution is 6.30. The van der Waals surface area contributed by atoms with Crippen molar-refractivity contribution in [2.75, 3.05) is 7.11 Å². The molecule has 3 rings (SSSR count). The summed E-state index contributed by atoms with van der Waals surface area (Å²) in [5.41, 5.74) is 6.77. The normalized spacial score (nSPS) is 16.4. The quantitative estimate of drug-likeness (QED) is 0.931. The van der Waals surface area contributed by atoms with E-state index in [0.717, 1.165) is 12.8 Å². The van der Waals surface area contributed by atoms with Crippen LogP contribution in [0, 0.1) is 5.92 Å². The van der Waals surface area contributed by atoms with Crippen LogP contribution in [0.15, 0.2) is 22.7 Å². The van der Waals surface area contributed by atoms with Crippen LogP contribution in [-0.2, 0) is 0 Å². The average Bonchev–Trinajstić information content (AvgIpc) is 3.15. The summed E-state index contributed by atoms with van der Waals surface area (Å²) in [6.45, 7) is 0. The summed E-state index contributed by atoms with van der Waals surface area (Å²) in [5.74, 6) is 2.04. The lowest BCUT2D eigenvalue weighted by Crippen LogP contribution is -2.13. The first kappa shape index (κ1) is 12.4. The van der Waals surface area contributed by atoms with Gasteiger partial charge in [-0.2, -0.15) is 4.98 Å². The molecule has 5 nitrogen and oxygen atoms in total. The van der Waals surface area contributed by atoms with Crippen molar-refractivity contribution < 1.29 is 9.26 Å². The summed E-state index contributed by atoms with van der Waals surface area (Å²) in [6.07, 6.45) is 2.27. The Bertz CT molecular complexity index is 595. The van der Waals surface area contributed by atoms with Crippen molar-refractivity contribution >= 4 is 11.6 Å². The van der Waals surface area contributed by atoms with Crippen molar-refractivity contribution in [3.05, 3.63) is 29.0 Å². The number of nitrogens with two attached hydrogens (primary N) is 1. The Morgan fingerprint density at radius 2 is 2.26 bits per heavy atom. The van der Waals surface area contributed by atoms with E-state index in [1.165, 1.54) is 0 Å². The van der Waals surface area contributed by atoms with Gasteiger partial charge >= 0.3 is 0 Å². The number of hydrogen-bond acceptors (Lipinski definition) is 5. The highest BCUT2D eigenvalue weighted by atomic mass is 35.5. The van der Waals surface area contributed by atoms with Gasteiger partial charge in [-0.3, -0.25) is 0 Å². The minimum Gasteiger partial charge on any atom is -0.496 e. The maximum atomic E-state index is 6.05. The van der Waals surface area contributed by atoms with E-state index < -0.39 is 0 Å². The van der Waals surface area contributed by atoms with E-state index in [1.54, 1.807) is 25.3 Å². The molecule has 1 heterocycles. The first-order valence-electron chi connectivity index (χ1n) is 6.12. The third-order valence-corrected chi connectivity index (χ3v) is 3.50. The van der Waals surface area contributed by atoms with E-state index in [1.807, 2.05) is 0 Å². The fourth-order valence-corrected chi connectivity index (χ4v) is 2.15. The first-order valence-corrected chi connectivity index (χ1v) is 6.50. The Hall–Kier alpha value is -1.59. The van der Waals surface area contributed by atoms with Gasteiger partial charge in [0.1, 0.15) is 5.75 Å². The molecule has 2 aromatic rings. The maximum absolute atomic E-state index is 6.05. The van der Waals surface area contributed by atoms with E-state index in [9.17, 15) is 0 Å². The predicted octanol–water partition coefficient (Wildman–Crippen LogP) is 2.81. The van der Waals surface area contributed by atoms with Crippen molar-refractivity contribution in [1.82, 2.24) is 10.1 Å². The summed E-state index contributed by atoms with van der Waals surface area (Å²) in [7, 11) is 1.57. The molecular formula is C13H14ClN3O2. The Morgan fingerprint density at radius 1 is 1.47 bits per heavy atom. The van der Waals surface area contributed by atoms with Crippen molar-refractivity contribution in [3.8, 4) is 17.2 Å². The van der Waals surface area contributed by atoms with E-state index in [0.29, 0.717) is 34.0 Å². The number of halogens is 1. The van der Waals surface area contributed by atoms with E-state index in [2.05, 4.69) is 10.1 Å². The van der Waals surface area contributed by atoms with Crippen LogP contribution >= 0.6 is 11.6 Å². The van der Waals surface area contributed by atoms with Crippen LogP contribution in [0.1, 0.15) is 24.7 Å². The second kappa shape index (κ2) is 4.83. The van der Waals surface area contributed by atoms with Gasteiger partial charge < -0.3 is 15.0 Å². The number of benzene rings is 1. The van der Waals surface area contributed by atoms with Gasteiger partial charge in [0.15, 0.2) is 5.82 Å². The largest absolute Gasteiger partial charge is 0.496 e. The number of nitrogens with zero attached hydrogens (tertiary/aromatic N) is 2. The Morgan fingerprint density at radius 3 is 2.95 bits per heavy atom. The Labute approximate surface area is 115 Å². The lowest BCUT2D eigenvalue weighted by Gasteiger charge is -2.05. The molecule has 0 radical (unpaired) electrons. The van der Waals surface area contributed by atoms with Gasteiger partial charge in [0.05, 0.1) is 18.7 Å². The van der Waals surface area contributed by atoms with Crippen LogP contribution in [0.2, 0.25) is 5.02 Å². The standard InChI is InChI=1S/C13H14ClN3O2/c1-18-10-6-8(14)4-5-9(10)13-16-12(17-19-13)11(15)7-2-3-7/h4-7,11H,2-3,15H2,1H3. The molecule has 2 N–H and O–H groups in total. The molecule has 0 amide bonds. The summed E-state index contributed by atoms with van der Waals surface area (Å²) >= 11 is 5.92. The smallest absolute Gasteiger partial charge is 0.261 e. The second-order valence-electron chi connectivity index (χ2n) is 4.67. The van der Waals surface area contributed by atoms with Gasteiger partial charge in [-0.05, 0) is 37.0 Å². The molecule has 1 unspecified atom stereocenters. The zero-order chi connectivity index (χ0) is 13.4. The highest BCUT2D eigenvalue weighted by Gasteiger charge is 2.32. The van der Waals surface area contributed by atoms with Crippen LogP contribution in [0.25, 0.3) is 11.5 Å². The molecule has 0 saturated heterocycles. The zero-order valence-electron chi connectivity index (χ0n) is 10.5. The molecule has 1 aromatic heterocycles. The van der Waals surface area contributed by atoms with E-state index in [-0.39, 0.29) is 6.04 Å². The molecule has 1 saturated carbocycles. The molecule has 1 aliphatic rings. The molecular weight excluding hydrogens is 266 g/mol. The number of methoxy groups -OCH3 is 1. The van der Waals surface area contributed by atoms with Crippen LogP contribution in [0.4, 0.5) is 0 Å². The number of ether oxygens (including phenoxy) is 1. The fraction of sp³-hybridized carbons (Fsp3) is 0.385. The van der Waals surface area contributed by atoms with Crippen LogP contribution in [0.3, 0.4) is 0 Å². The lowest BCUT2D eigenvalue weighted by atomic mass is 10.2. The highest BCUT2D eigenvalue weighted by Crippen LogP contribution is 2.39. The molecule has 0 spiro atoms. The van der Waals surface area contributed by atoms with Gasteiger partial charge in [-0.15, -0.1) is 0 Å². The van der Waals surface area contributed by atoms with Crippen LogP contribution in [0.5, 0.6) is 5.75 Å². The lowest BCUT2D eigenvalue weighted by molar-refractivity contribution is 0.398. The molecule has 1 aliphatic carbocycles. The van der Waals surface area contributed by atoms with Gasteiger partial charge in [-0.25, -0.2) is 0 Å². The van der Waals surface area contributed by atoms with E-state index >= 15 is 0 Å². The topological polar surface area (TPSA) is 74.2 Å². The molecule has 0 bridgehead atoms. The summed E-state index contributed by atoms with van der Waals surface area (Å²) in [4.78, 5) is 4.35. The minimum absolute atomic E-state index is 0.143. The monoisotopic (exact) mass is 279 g/mol. The van der Waals surface area contributed by atoms with Crippen LogP contribution < -0.4 is 10.5 Å². The Balaban J connectivity index is 1.93. The third-order valence-electron chi connectivity index (χ3n) is 3.26. The first-order chi connectivity index (χ1) is 9.19. The number of hydrogen-bond donors (Lipinski definition) is 1. The van der Waals surface area contributed by atoms with Crippen molar-refractivity contribution in [3.63, 3.8) is 0 Å². The van der Waals surface area contributed by atoms with Gasteiger partial charge in [0.2, 0.25) is 0 Å². The molecule has 1 atom stereocenters. The fourth-order valence-electron chi connectivity index (χ4n) is 1.99. The van der Waals surface area contributed by atoms with Gasteiger partial charge in [-0.1, -0.05) is 16.8 Å². The molecule has 100 valence electrons. The predicted molar refractivity (Wildman–Crippen MR) is 70.9 cm³/mol. The van der Waals surface area contributed by atoms with E-state index in [4.69, 9.17) is 26.6 Å². The van der Waals surface area contributed by atoms with Crippen molar-refractivity contribution in [2.24, 2.45) is 11.7 Å². The number of rotatable bonds is 4. The van der Waals surface area contributed by atoms with Crippen molar-refractivity contribution in [2.45, 2.75) is 18.9 Å². The molecule has 19 heavy (non-hydrogen) atoms. The SMILES string of the molecule is COc1cc(Cl)ccc1-c1nc(C(N)C2CC2)no1. The molecule has 1 fully saturated rings. The summed E-state index contributed by atoms with van der Waals surface area (Å²) in [5, 5.41) is 4.54. The zero-order valence-corrected chi connectivity index (χ0v) is 11.2. The summed E-state index contributed by atoms with van der Waals surface area (Å²) in [6, 6.07) is 5.11.